The first-order valence-electron chi connectivity index (χ1n) is 6.28. The molecule has 0 aliphatic heterocycles. The van der Waals surface area contributed by atoms with Crippen LogP contribution >= 0.6 is 0 Å². The lowest BCUT2D eigenvalue weighted by molar-refractivity contribution is 0.0605. The highest BCUT2D eigenvalue weighted by Gasteiger charge is 2.14. The maximum absolute atomic E-state index is 11.5. The molecule has 0 aromatic heterocycles. The van der Waals surface area contributed by atoms with E-state index in [9.17, 15) is 4.79 Å². The maximum Gasteiger partial charge on any atom is 0.434 e. The molecule has 0 N–H and O–H groups in total. The number of nitrogens with zero attached hydrogens (tertiary/aromatic N) is 1. The highest BCUT2D eigenvalue weighted by Crippen LogP contribution is 2.20. The summed E-state index contributed by atoms with van der Waals surface area (Å²) in [6.45, 7) is 5.82. The van der Waals surface area contributed by atoms with Gasteiger partial charge in [0.25, 0.3) is 0 Å². The number of amides is 1. The van der Waals surface area contributed by atoms with Crippen molar-refractivity contribution in [3.63, 3.8) is 0 Å². The van der Waals surface area contributed by atoms with Crippen LogP contribution in [0.15, 0.2) is 23.2 Å². The first-order chi connectivity index (χ1) is 9.35. The van der Waals surface area contributed by atoms with Gasteiger partial charge >= 0.3 is 6.09 Å². The topological polar surface area (TPSA) is 57.1 Å². The molecule has 1 aromatic rings. The minimum absolute atomic E-state index is 0.428. The molecule has 20 heavy (non-hydrogen) atoms. The van der Waals surface area contributed by atoms with Crippen LogP contribution in [-0.4, -0.2) is 32.1 Å². The van der Waals surface area contributed by atoms with Crippen LogP contribution in [0.25, 0.3) is 0 Å². The third kappa shape index (κ3) is 5.40. The van der Waals surface area contributed by atoms with E-state index in [1.807, 2.05) is 18.2 Å². The molecule has 0 unspecified atom stereocenters. The van der Waals surface area contributed by atoms with Crippen LogP contribution in [-0.2, 0) is 16.1 Å². The lowest BCUT2D eigenvalue weighted by Gasteiger charge is -2.17. The minimum Gasteiger partial charge on any atom is -0.496 e. The van der Waals surface area contributed by atoms with E-state index in [4.69, 9.17) is 14.2 Å². The highest BCUT2D eigenvalue weighted by molar-refractivity contribution is 5.89. The highest BCUT2D eigenvalue weighted by atomic mass is 16.6. The molecule has 1 rings (SSSR count). The number of hydrogen-bond donors (Lipinski definition) is 0. The van der Waals surface area contributed by atoms with E-state index in [1.165, 1.54) is 6.21 Å². The lowest BCUT2D eigenvalue weighted by Crippen LogP contribution is -2.21. The second kappa shape index (κ2) is 7.05. The average Bonchev–Trinajstić information content (AvgIpc) is 2.35. The first-order valence-corrected chi connectivity index (χ1v) is 6.28. The molecule has 110 valence electrons. The molecule has 5 heteroatoms. The largest absolute Gasteiger partial charge is 0.496 e. The summed E-state index contributed by atoms with van der Waals surface area (Å²) in [4.78, 5) is 15.3. The van der Waals surface area contributed by atoms with Crippen molar-refractivity contribution in [2.75, 3.05) is 14.2 Å². The molecule has 1 amide bonds. The second-order valence-electron chi connectivity index (χ2n) is 5.24. The Morgan fingerprint density at radius 3 is 2.55 bits per heavy atom. The van der Waals surface area contributed by atoms with Crippen molar-refractivity contribution < 1.29 is 19.0 Å². The van der Waals surface area contributed by atoms with Crippen LogP contribution in [0.2, 0.25) is 0 Å². The van der Waals surface area contributed by atoms with Crippen molar-refractivity contribution in [2.24, 2.45) is 4.99 Å². The Labute approximate surface area is 119 Å². The van der Waals surface area contributed by atoms with Crippen LogP contribution in [0.1, 0.15) is 31.9 Å². The van der Waals surface area contributed by atoms with E-state index in [0.717, 1.165) is 16.9 Å². The minimum atomic E-state index is -0.610. The Morgan fingerprint density at radius 1 is 1.30 bits per heavy atom. The summed E-state index contributed by atoms with van der Waals surface area (Å²) in [6, 6.07) is 5.48. The molecule has 0 saturated carbocycles. The zero-order valence-corrected chi connectivity index (χ0v) is 12.6. The fraction of sp³-hybridized carbons (Fsp3) is 0.467. The van der Waals surface area contributed by atoms with Crippen molar-refractivity contribution in [2.45, 2.75) is 33.0 Å². The number of aliphatic imine (C=N–C) groups is 1. The van der Waals surface area contributed by atoms with E-state index in [-0.39, 0.29) is 0 Å². The number of methoxy groups -OCH3 is 2. The molecule has 0 heterocycles. The van der Waals surface area contributed by atoms with Gasteiger partial charge in [0, 0.05) is 18.9 Å². The molecule has 0 atom stereocenters. The lowest BCUT2D eigenvalue weighted by atomic mass is 10.1. The van der Waals surface area contributed by atoms with Gasteiger partial charge in [0.1, 0.15) is 11.4 Å². The predicted octanol–water partition coefficient (Wildman–Crippen LogP) is 3.20. The first kappa shape index (κ1) is 16.2. The summed E-state index contributed by atoms with van der Waals surface area (Å²) >= 11 is 0. The number of rotatable bonds is 4. The molecule has 5 nitrogen and oxygen atoms in total. The summed E-state index contributed by atoms with van der Waals surface area (Å²) in [5.41, 5.74) is 1.13. The fourth-order valence-corrected chi connectivity index (χ4v) is 1.56. The number of benzene rings is 1. The van der Waals surface area contributed by atoms with Gasteiger partial charge in [-0.2, -0.15) is 4.99 Å². The molecule has 0 bridgehead atoms. The normalized spacial score (nSPS) is 11.7. The molecule has 1 aromatic carbocycles. The SMILES string of the molecule is COCc1cc(C=NC(=O)OC(C)(C)C)ccc1OC. The molecule has 0 fully saturated rings. The smallest absolute Gasteiger partial charge is 0.434 e. The van der Waals surface area contributed by atoms with Crippen LogP contribution in [0.4, 0.5) is 4.79 Å². The summed E-state index contributed by atoms with van der Waals surface area (Å²) in [5.74, 6) is 0.737. The Kier molecular flexibility index (Phi) is 5.70. The number of carbonyl (C=O) groups is 1. The Bertz CT molecular complexity index is 489. The van der Waals surface area contributed by atoms with Gasteiger partial charge in [-0.15, -0.1) is 0 Å². The molecule has 0 saturated heterocycles. The van der Waals surface area contributed by atoms with Crippen molar-refractivity contribution >= 4 is 12.3 Å². The molecule has 0 spiro atoms. The zero-order chi connectivity index (χ0) is 15.2. The molecular weight excluding hydrogens is 258 g/mol. The summed E-state index contributed by atoms with van der Waals surface area (Å²) in [6.07, 6.45) is 0.855. The summed E-state index contributed by atoms with van der Waals surface area (Å²) < 4.78 is 15.4. The van der Waals surface area contributed by atoms with Crippen molar-refractivity contribution in [1.82, 2.24) is 0 Å². The van der Waals surface area contributed by atoms with Crippen LogP contribution in [0, 0.1) is 0 Å². The second-order valence-corrected chi connectivity index (χ2v) is 5.24. The zero-order valence-electron chi connectivity index (χ0n) is 12.6. The Balaban J connectivity index is 2.82. The molecule has 0 aliphatic carbocycles. The Morgan fingerprint density at radius 2 is 2.00 bits per heavy atom. The number of ether oxygens (including phenoxy) is 3. The van der Waals surface area contributed by atoms with Gasteiger partial charge in [-0.25, -0.2) is 4.79 Å². The maximum atomic E-state index is 11.5. The summed E-state index contributed by atoms with van der Waals surface area (Å²) in [7, 11) is 3.21. The Hall–Kier alpha value is -1.88. The average molecular weight is 279 g/mol. The van der Waals surface area contributed by atoms with E-state index in [1.54, 1.807) is 35.0 Å². The third-order valence-corrected chi connectivity index (χ3v) is 2.32. The van der Waals surface area contributed by atoms with Gasteiger partial charge in [0.2, 0.25) is 0 Å². The van der Waals surface area contributed by atoms with E-state index < -0.39 is 11.7 Å². The van der Waals surface area contributed by atoms with Gasteiger partial charge in [0.15, 0.2) is 0 Å². The van der Waals surface area contributed by atoms with Crippen molar-refractivity contribution in [3.05, 3.63) is 29.3 Å². The summed E-state index contributed by atoms with van der Waals surface area (Å²) in [5, 5.41) is 0. The van der Waals surface area contributed by atoms with Crippen molar-refractivity contribution in [1.29, 1.82) is 0 Å². The number of hydrogen-bond acceptors (Lipinski definition) is 4. The quantitative estimate of drug-likeness (QED) is 0.794. The van der Waals surface area contributed by atoms with E-state index >= 15 is 0 Å². The van der Waals surface area contributed by atoms with Gasteiger partial charge < -0.3 is 14.2 Å². The van der Waals surface area contributed by atoms with Gasteiger partial charge in [-0.05, 0) is 44.5 Å². The van der Waals surface area contributed by atoms with Gasteiger partial charge in [-0.3, -0.25) is 0 Å². The predicted molar refractivity (Wildman–Crippen MR) is 77.5 cm³/mol. The molecule has 0 aliphatic rings. The number of carbonyl (C=O) groups excluding carboxylic acids is 1. The molecule has 0 radical (unpaired) electrons. The van der Waals surface area contributed by atoms with E-state index in [2.05, 4.69) is 4.99 Å². The van der Waals surface area contributed by atoms with Crippen LogP contribution in [0.5, 0.6) is 5.75 Å². The van der Waals surface area contributed by atoms with Crippen LogP contribution < -0.4 is 4.74 Å². The monoisotopic (exact) mass is 279 g/mol. The van der Waals surface area contributed by atoms with Crippen LogP contribution in [0.3, 0.4) is 0 Å². The standard InChI is InChI=1S/C15H21NO4/c1-15(2,3)20-14(17)16-9-11-6-7-13(19-5)12(8-11)10-18-4/h6-9H,10H2,1-5H3. The van der Waals surface area contributed by atoms with Gasteiger partial charge in [-0.1, -0.05) is 0 Å². The van der Waals surface area contributed by atoms with Crippen molar-refractivity contribution in [3.8, 4) is 5.75 Å². The molecular formula is C15H21NO4. The fourth-order valence-electron chi connectivity index (χ4n) is 1.56. The van der Waals surface area contributed by atoms with Gasteiger partial charge in [0.05, 0.1) is 13.7 Å². The van der Waals surface area contributed by atoms with E-state index in [0.29, 0.717) is 6.61 Å². The third-order valence-electron chi connectivity index (χ3n) is 2.32.